The maximum atomic E-state index is 12.6. The monoisotopic (exact) mass is 408 g/mol. The lowest BCUT2D eigenvalue weighted by molar-refractivity contribution is -0.885. The number of nitrogens with one attached hydrogen (secondary N) is 3. The van der Waals surface area contributed by atoms with E-state index in [4.69, 9.17) is 11.6 Å². The molecule has 3 N–H and O–H groups in total. The first-order valence-corrected chi connectivity index (χ1v) is 9.70. The van der Waals surface area contributed by atoms with Crippen molar-refractivity contribution in [1.82, 2.24) is 0 Å². The summed E-state index contributed by atoms with van der Waals surface area (Å²) >= 11 is 6.02. The van der Waals surface area contributed by atoms with Crippen LogP contribution in [0.4, 0.5) is 11.4 Å². The molecule has 1 unspecified atom stereocenters. The summed E-state index contributed by atoms with van der Waals surface area (Å²) in [6.07, 6.45) is 0. The normalized spacial score (nSPS) is 11.5. The van der Waals surface area contributed by atoms with Gasteiger partial charge in [-0.2, -0.15) is 0 Å². The van der Waals surface area contributed by atoms with Crippen LogP contribution in [0, 0.1) is 0 Å². The van der Waals surface area contributed by atoms with Crippen molar-refractivity contribution in [1.29, 1.82) is 0 Å². The number of carbonyl (C=O) groups is 2. The molecule has 0 aromatic heterocycles. The second-order valence-electron chi connectivity index (χ2n) is 6.85. The number of para-hydroxylation sites is 2. The summed E-state index contributed by atoms with van der Waals surface area (Å²) in [6, 6.07) is 23.8. The third kappa shape index (κ3) is 6.17. The summed E-state index contributed by atoms with van der Waals surface area (Å²) in [5.74, 6) is -0.434. The van der Waals surface area contributed by atoms with E-state index in [0.717, 1.165) is 10.5 Å². The van der Waals surface area contributed by atoms with E-state index < -0.39 is 0 Å². The van der Waals surface area contributed by atoms with Crippen LogP contribution in [0.5, 0.6) is 0 Å². The Labute approximate surface area is 175 Å². The van der Waals surface area contributed by atoms with E-state index in [-0.39, 0.29) is 18.4 Å². The molecule has 0 spiro atoms. The summed E-state index contributed by atoms with van der Waals surface area (Å²) in [6.45, 7) is 0.936. The van der Waals surface area contributed by atoms with Crippen molar-refractivity contribution in [3.8, 4) is 0 Å². The van der Waals surface area contributed by atoms with Gasteiger partial charge in [-0.1, -0.05) is 54.1 Å². The van der Waals surface area contributed by atoms with Gasteiger partial charge in [0, 0.05) is 16.3 Å². The Morgan fingerprint density at radius 2 is 1.62 bits per heavy atom. The molecule has 0 fully saturated rings. The molecule has 0 aliphatic heterocycles. The summed E-state index contributed by atoms with van der Waals surface area (Å²) in [4.78, 5) is 26.2. The second kappa shape index (κ2) is 9.87. The first-order valence-electron chi connectivity index (χ1n) is 9.32. The smallest absolute Gasteiger partial charge is 0.279 e. The van der Waals surface area contributed by atoms with E-state index in [2.05, 4.69) is 10.6 Å². The highest BCUT2D eigenvalue weighted by Crippen LogP contribution is 2.17. The van der Waals surface area contributed by atoms with Crippen LogP contribution in [0.3, 0.4) is 0 Å². The Bertz CT molecular complexity index is 992. The number of amides is 2. The van der Waals surface area contributed by atoms with E-state index in [0.29, 0.717) is 28.5 Å². The number of likely N-dealkylation sites (N-methyl/N-ethyl adjacent to an activating group) is 1. The number of carbonyl (C=O) groups excluding carboxylic acids is 2. The van der Waals surface area contributed by atoms with E-state index in [1.807, 2.05) is 61.6 Å². The van der Waals surface area contributed by atoms with Crippen molar-refractivity contribution >= 4 is 34.8 Å². The third-order valence-corrected chi connectivity index (χ3v) is 4.57. The minimum atomic E-state index is -0.272. The van der Waals surface area contributed by atoms with E-state index in [1.54, 1.807) is 24.3 Å². The van der Waals surface area contributed by atoms with Crippen molar-refractivity contribution in [3.05, 3.63) is 95.0 Å². The highest BCUT2D eigenvalue weighted by atomic mass is 35.5. The molecule has 0 saturated heterocycles. The molecular weight excluding hydrogens is 386 g/mol. The highest BCUT2D eigenvalue weighted by Gasteiger charge is 2.16. The van der Waals surface area contributed by atoms with E-state index >= 15 is 0 Å². The van der Waals surface area contributed by atoms with Crippen molar-refractivity contribution < 1.29 is 14.5 Å². The molecule has 0 heterocycles. The first-order chi connectivity index (χ1) is 14.0. The standard InChI is InChI=1S/C23H22ClN3O2/c1-27(15-17-8-7-9-18(24)14-17)16-22(28)26-21-13-6-5-12-20(21)23(29)25-19-10-3-2-4-11-19/h2-14H,15-16H2,1H3,(H,25,29)(H,26,28)/p+1. The Balaban J connectivity index is 1.62. The van der Waals surface area contributed by atoms with Gasteiger partial charge in [-0.05, 0) is 36.4 Å². The zero-order chi connectivity index (χ0) is 20.6. The average Bonchev–Trinajstić information content (AvgIpc) is 2.69. The van der Waals surface area contributed by atoms with Crippen LogP contribution in [0.1, 0.15) is 15.9 Å². The van der Waals surface area contributed by atoms with Gasteiger partial charge >= 0.3 is 0 Å². The Morgan fingerprint density at radius 1 is 0.897 bits per heavy atom. The number of quaternary nitrogens is 1. The molecule has 3 aromatic carbocycles. The van der Waals surface area contributed by atoms with E-state index in [9.17, 15) is 9.59 Å². The van der Waals surface area contributed by atoms with Crippen molar-refractivity contribution in [2.75, 3.05) is 24.2 Å². The molecule has 148 valence electrons. The molecule has 0 aliphatic rings. The zero-order valence-electron chi connectivity index (χ0n) is 16.1. The number of halogens is 1. The van der Waals surface area contributed by atoms with Crippen LogP contribution in [0.25, 0.3) is 0 Å². The van der Waals surface area contributed by atoms with Crippen molar-refractivity contribution in [2.45, 2.75) is 6.54 Å². The topological polar surface area (TPSA) is 62.6 Å². The van der Waals surface area contributed by atoms with Crippen molar-refractivity contribution in [2.24, 2.45) is 0 Å². The van der Waals surface area contributed by atoms with Gasteiger partial charge in [0.2, 0.25) is 0 Å². The maximum Gasteiger partial charge on any atom is 0.279 e. The van der Waals surface area contributed by atoms with Gasteiger partial charge in [0.15, 0.2) is 6.54 Å². The molecule has 29 heavy (non-hydrogen) atoms. The first kappa shape index (κ1) is 20.6. The van der Waals surface area contributed by atoms with Gasteiger partial charge in [0.25, 0.3) is 11.8 Å². The predicted molar refractivity (Wildman–Crippen MR) is 116 cm³/mol. The molecule has 2 amide bonds. The number of hydrogen-bond acceptors (Lipinski definition) is 2. The molecule has 6 heteroatoms. The van der Waals surface area contributed by atoms with Gasteiger partial charge in [0.1, 0.15) is 6.54 Å². The number of benzene rings is 3. The molecule has 0 radical (unpaired) electrons. The van der Waals surface area contributed by atoms with Gasteiger partial charge < -0.3 is 15.5 Å². The predicted octanol–water partition coefficient (Wildman–Crippen LogP) is 3.25. The van der Waals surface area contributed by atoms with Crippen LogP contribution >= 0.6 is 11.6 Å². The quantitative estimate of drug-likeness (QED) is 0.562. The second-order valence-corrected chi connectivity index (χ2v) is 7.29. The summed E-state index contributed by atoms with van der Waals surface area (Å²) < 4.78 is 0. The zero-order valence-corrected chi connectivity index (χ0v) is 16.9. The Morgan fingerprint density at radius 3 is 2.38 bits per heavy atom. The summed E-state index contributed by atoms with van der Waals surface area (Å²) in [7, 11) is 1.94. The third-order valence-electron chi connectivity index (χ3n) is 4.33. The lowest BCUT2D eigenvalue weighted by Gasteiger charge is -2.15. The lowest BCUT2D eigenvalue weighted by atomic mass is 10.1. The van der Waals surface area contributed by atoms with Gasteiger partial charge in [-0.15, -0.1) is 0 Å². The van der Waals surface area contributed by atoms with Crippen LogP contribution < -0.4 is 15.5 Å². The molecule has 0 aliphatic carbocycles. The largest absolute Gasteiger partial charge is 0.326 e. The number of hydrogen-bond donors (Lipinski definition) is 3. The van der Waals surface area contributed by atoms with Crippen LogP contribution in [0.2, 0.25) is 5.02 Å². The fourth-order valence-electron chi connectivity index (χ4n) is 3.04. The molecule has 5 nitrogen and oxygen atoms in total. The fourth-order valence-corrected chi connectivity index (χ4v) is 3.25. The van der Waals surface area contributed by atoms with Gasteiger partial charge in [-0.25, -0.2) is 0 Å². The van der Waals surface area contributed by atoms with E-state index in [1.165, 1.54) is 0 Å². The summed E-state index contributed by atoms with van der Waals surface area (Å²) in [5.41, 5.74) is 2.66. The molecule has 0 bridgehead atoms. The van der Waals surface area contributed by atoms with Crippen LogP contribution in [-0.4, -0.2) is 25.4 Å². The minimum Gasteiger partial charge on any atom is -0.326 e. The van der Waals surface area contributed by atoms with Crippen molar-refractivity contribution in [3.63, 3.8) is 0 Å². The minimum absolute atomic E-state index is 0.163. The number of anilines is 2. The van der Waals surface area contributed by atoms with Crippen LogP contribution in [-0.2, 0) is 11.3 Å². The highest BCUT2D eigenvalue weighted by molar-refractivity contribution is 6.30. The Kier molecular flexibility index (Phi) is 7.00. The SMILES string of the molecule is C[NH+](CC(=O)Nc1ccccc1C(=O)Nc1ccccc1)Cc1cccc(Cl)c1. The maximum absolute atomic E-state index is 12.6. The van der Waals surface area contributed by atoms with Gasteiger partial charge in [0.05, 0.1) is 18.3 Å². The molecule has 1 atom stereocenters. The molecule has 3 aromatic rings. The molecule has 0 saturated carbocycles. The molecule has 3 rings (SSSR count). The lowest BCUT2D eigenvalue weighted by Crippen LogP contribution is -3.08. The fraction of sp³-hybridized carbons (Fsp3) is 0.130. The van der Waals surface area contributed by atoms with Gasteiger partial charge in [-0.3, -0.25) is 9.59 Å². The molecular formula is C23H23ClN3O2+. The number of rotatable bonds is 7. The average molecular weight is 409 g/mol. The Hall–Kier alpha value is -3.15. The summed E-state index contributed by atoms with van der Waals surface area (Å²) in [5, 5.41) is 6.38. The van der Waals surface area contributed by atoms with Crippen LogP contribution in [0.15, 0.2) is 78.9 Å².